The minimum Gasteiger partial charge on any atom is -0.277 e. The van der Waals surface area contributed by atoms with Gasteiger partial charge in [-0.2, -0.15) is 5.26 Å². The van der Waals surface area contributed by atoms with Crippen molar-refractivity contribution >= 4 is 5.69 Å². The van der Waals surface area contributed by atoms with Gasteiger partial charge in [0.1, 0.15) is 5.82 Å². The molecular formula is C10H11FN2. The normalized spacial score (nSPS) is 9.31. The minimum atomic E-state index is -0.350. The summed E-state index contributed by atoms with van der Waals surface area (Å²) in [6, 6.07) is 6.29. The maximum absolute atomic E-state index is 13.2. The first kappa shape index (κ1) is 9.53. The largest absolute Gasteiger partial charge is 0.277 e. The lowest BCUT2D eigenvalue weighted by atomic mass is 10.2. The average molecular weight is 178 g/mol. The first-order valence-electron chi connectivity index (χ1n) is 4.21. The molecule has 68 valence electrons. The summed E-state index contributed by atoms with van der Waals surface area (Å²) in [6.45, 7) is 2.50. The predicted octanol–water partition coefficient (Wildman–Crippen LogP) is 2.52. The average Bonchev–Trinajstić information content (AvgIpc) is 2.16. The van der Waals surface area contributed by atoms with E-state index in [4.69, 9.17) is 5.26 Å². The number of nitriles is 1. The molecule has 0 bridgehead atoms. The fraction of sp³-hybridized carbons (Fsp3) is 0.300. The lowest BCUT2D eigenvalue weighted by Gasteiger charge is -2.14. The van der Waals surface area contributed by atoms with E-state index in [0.717, 1.165) is 6.42 Å². The molecule has 0 aliphatic carbocycles. The van der Waals surface area contributed by atoms with Crippen molar-refractivity contribution in [1.29, 1.82) is 5.26 Å². The second kappa shape index (κ2) is 4.46. The molecule has 0 radical (unpaired) electrons. The monoisotopic (exact) mass is 178 g/mol. The first-order valence-corrected chi connectivity index (χ1v) is 4.21. The molecule has 0 N–H and O–H groups in total. The van der Waals surface area contributed by atoms with Crippen molar-refractivity contribution in [1.82, 2.24) is 0 Å². The van der Waals surface area contributed by atoms with Gasteiger partial charge in [0.2, 0.25) is 0 Å². The molecule has 0 fully saturated rings. The molecule has 3 heteroatoms. The lowest BCUT2D eigenvalue weighted by molar-refractivity contribution is 0.624. The molecule has 1 rings (SSSR count). The highest BCUT2D eigenvalue weighted by Gasteiger charge is 2.08. The lowest BCUT2D eigenvalue weighted by Crippen LogP contribution is -2.18. The molecule has 0 aromatic heterocycles. The number of anilines is 1. The van der Waals surface area contributed by atoms with Crippen LogP contribution in [0.2, 0.25) is 0 Å². The predicted molar refractivity (Wildman–Crippen MR) is 49.7 cm³/mol. The van der Waals surface area contributed by atoms with Gasteiger partial charge < -0.3 is 0 Å². The fourth-order valence-electron chi connectivity index (χ4n) is 1.12. The second-order valence-corrected chi connectivity index (χ2v) is 2.70. The molecule has 0 unspecified atom stereocenters. The maximum Gasteiger partial charge on any atom is 0.184 e. The SMILES string of the molecule is CCCN(C#N)c1ccccc1F. The molecule has 0 saturated heterocycles. The number of hydrogen-bond donors (Lipinski definition) is 0. The van der Waals surface area contributed by atoms with Crippen LogP contribution in [-0.4, -0.2) is 6.54 Å². The third-order valence-electron chi connectivity index (χ3n) is 1.71. The molecule has 1 aromatic rings. The zero-order chi connectivity index (χ0) is 9.68. The van der Waals surface area contributed by atoms with Crippen molar-refractivity contribution in [3.05, 3.63) is 30.1 Å². The van der Waals surface area contributed by atoms with Gasteiger partial charge in [-0.25, -0.2) is 4.39 Å². The Labute approximate surface area is 77.2 Å². The molecule has 0 saturated carbocycles. The molecular weight excluding hydrogens is 167 g/mol. The van der Waals surface area contributed by atoms with Crippen molar-refractivity contribution in [2.45, 2.75) is 13.3 Å². The summed E-state index contributed by atoms with van der Waals surface area (Å²) < 4.78 is 13.2. The Morgan fingerprint density at radius 1 is 1.46 bits per heavy atom. The van der Waals surface area contributed by atoms with Crippen LogP contribution in [-0.2, 0) is 0 Å². The van der Waals surface area contributed by atoms with Crippen LogP contribution in [0, 0.1) is 17.3 Å². The van der Waals surface area contributed by atoms with Gasteiger partial charge in [0, 0.05) is 6.54 Å². The molecule has 2 nitrogen and oxygen atoms in total. The molecule has 13 heavy (non-hydrogen) atoms. The van der Waals surface area contributed by atoms with Crippen LogP contribution >= 0.6 is 0 Å². The Kier molecular flexibility index (Phi) is 3.27. The van der Waals surface area contributed by atoms with Crippen LogP contribution in [0.1, 0.15) is 13.3 Å². The number of rotatable bonds is 3. The van der Waals surface area contributed by atoms with Gasteiger partial charge in [-0.1, -0.05) is 19.1 Å². The molecule has 0 aliphatic rings. The molecule has 0 spiro atoms. The van der Waals surface area contributed by atoms with Gasteiger partial charge >= 0.3 is 0 Å². The van der Waals surface area contributed by atoms with Gasteiger partial charge in [-0.3, -0.25) is 4.90 Å². The summed E-state index contributed by atoms with van der Waals surface area (Å²) in [7, 11) is 0. The van der Waals surface area contributed by atoms with Gasteiger partial charge in [0.05, 0.1) is 5.69 Å². The van der Waals surface area contributed by atoms with Crippen molar-refractivity contribution < 1.29 is 4.39 Å². The highest BCUT2D eigenvalue weighted by Crippen LogP contribution is 2.17. The smallest absolute Gasteiger partial charge is 0.184 e. The Morgan fingerprint density at radius 2 is 2.15 bits per heavy atom. The summed E-state index contributed by atoms with van der Waals surface area (Å²) in [5, 5.41) is 8.74. The Morgan fingerprint density at radius 3 is 2.69 bits per heavy atom. The van der Waals surface area contributed by atoms with E-state index in [1.807, 2.05) is 13.1 Å². The third kappa shape index (κ3) is 2.19. The van der Waals surface area contributed by atoms with Gasteiger partial charge in [0.25, 0.3) is 0 Å². The van der Waals surface area contributed by atoms with E-state index in [-0.39, 0.29) is 5.82 Å². The van der Waals surface area contributed by atoms with E-state index in [1.54, 1.807) is 18.2 Å². The Hall–Kier alpha value is -1.56. The van der Waals surface area contributed by atoms with E-state index < -0.39 is 0 Å². The second-order valence-electron chi connectivity index (χ2n) is 2.70. The fourth-order valence-corrected chi connectivity index (χ4v) is 1.12. The van der Waals surface area contributed by atoms with Crippen LogP contribution in [0.25, 0.3) is 0 Å². The number of benzene rings is 1. The summed E-state index contributed by atoms with van der Waals surface area (Å²) in [5.74, 6) is -0.350. The number of halogens is 1. The van der Waals surface area contributed by atoms with Gasteiger partial charge in [-0.05, 0) is 18.6 Å². The Balaban J connectivity index is 2.92. The van der Waals surface area contributed by atoms with E-state index in [1.165, 1.54) is 11.0 Å². The van der Waals surface area contributed by atoms with Gasteiger partial charge in [-0.15, -0.1) is 0 Å². The van der Waals surface area contributed by atoms with Gasteiger partial charge in [0.15, 0.2) is 6.19 Å². The number of hydrogen-bond acceptors (Lipinski definition) is 2. The number of para-hydroxylation sites is 1. The van der Waals surface area contributed by atoms with E-state index >= 15 is 0 Å². The van der Waals surface area contributed by atoms with Crippen molar-refractivity contribution in [2.75, 3.05) is 11.4 Å². The Bertz CT molecular complexity index is 317. The molecule has 0 atom stereocenters. The highest BCUT2D eigenvalue weighted by atomic mass is 19.1. The summed E-state index contributed by atoms with van der Waals surface area (Å²) >= 11 is 0. The van der Waals surface area contributed by atoms with Crippen LogP contribution in [0.3, 0.4) is 0 Å². The van der Waals surface area contributed by atoms with Crippen LogP contribution in [0.15, 0.2) is 24.3 Å². The van der Waals surface area contributed by atoms with E-state index in [2.05, 4.69) is 0 Å². The molecule has 0 heterocycles. The summed E-state index contributed by atoms with van der Waals surface area (Å²) in [6.07, 6.45) is 2.77. The zero-order valence-electron chi connectivity index (χ0n) is 7.50. The van der Waals surface area contributed by atoms with Crippen molar-refractivity contribution in [2.24, 2.45) is 0 Å². The van der Waals surface area contributed by atoms with Crippen LogP contribution in [0.4, 0.5) is 10.1 Å². The zero-order valence-corrected chi connectivity index (χ0v) is 7.50. The minimum absolute atomic E-state index is 0.350. The summed E-state index contributed by atoms with van der Waals surface area (Å²) in [4.78, 5) is 1.36. The topological polar surface area (TPSA) is 27.0 Å². The quantitative estimate of drug-likeness (QED) is 0.525. The van der Waals surface area contributed by atoms with E-state index in [9.17, 15) is 4.39 Å². The maximum atomic E-state index is 13.2. The highest BCUT2D eigenvalue weighted by molar-refractivity contribution is 5.51. The van der Waals surface area contributed by atoms with E-state index in [0.29, 0.717) is 12.2 Å². The first-order chi connectivity index (χ1) is 6.29. The number of nitrogens with zero attached hydrogens (tertiary/aromatic N) is 2. The molecule has 0 amide bonds. The third-order valence-corrected chi connectivity index (χ3v) is 1.71. The van der Waals surface area contributed by atoms with Crippen molar-refractivity contribution in [3.63, 3.8) is 0 Å². The van der Waals surface area contributed by atoms with Crippen LogP contribution in [0.5, 0.6) is 0 Å². The molecule has 1 aromatic carbocycles. The van der Waals surface area contributed by atoms with Crippen LogP contribution < -0.4 is 4.90 Å². The molecule has 0 aliphatic heterocycles. The standard InChI is InChI=1S/C10H11FN2/c1-2-7-13(8-12)10-6-4-3-5-9(10)11/h3-6H,2,7H2,1H3. The summed E-state index contributed by atoms with van der Waals surface area (Å²) in [5.41, 5.74) is 0.354. The van der Waals surface area contributed by atoms with Crippen molar-refractivity contribution in [3.8, 4) is 6.19 Å².